The van der Waals surface area contributed by atoms with Crippen LogP contribution < -0.4 is 0 Å². The van der Waals surface area contributed by atoms with Gasteiger partial charge in [0.15, 0.2) is 0 Å². The van der Waals surface area contributed by atoms with Gasteiger partial charge in [0.05, 0.1) is 56.9 Å². The summed E-state index contributed by atoms with van der Waals surface area (Å²) in [6.45, 7) is 8.23. The van der Waals surface area contributed by atoms with Crippen molar-refractivity contribution in [1.29, 1.82) is 0 Å². The molecule has 5 atom stereocenters. The lowest BCUT2D eigenvalue weighted by atomic mass is 10.1. The van der Waals surface area contributed by atoms with Crippen LogP contribution in [0.15, 0.2) is 0 Å². The Morgan fingerprint density at radius 2 is 1.26 bits per heavy atom. The molecule has 0 aromatic carbocycles. The van der Waals surface area contributed by atoms with Crippen molar-refractivity contribution < 1.29 is 23.7 Å². The molecule has 1 amide bonds. The average Bonchev–Trinajstić information content (AvgIpc) is 3.32. The van der Waals surface area contributed by atoms with Crippen LogP contribution in [0.4, 0.5) is 0 Å². The number of epoxide rings is 4. The topological polar surface area (TPSA) is 73.7 Å². The first-order valence-electron chi connectivity index (χ1n) is 8.72. The van der Waals surface area contributed by atoms with Gasteiger partial charge < -0.3 is 23.8 Å². The van der Waals surface area contributed by atoms with Crippen molar-refractivity contribution in [2.75, 3.05) is 52.6 Å². The van der Waals surface area contributed by atoms with Crippen molar-refractivity contribution in [1.82, 2.24) is 9.80 Å². The Morgan fingerprint density at radius 1 is 0.870 bits per heavy atom. The highest BCUT2D eigenvalue weighted by Crippen LogP contribution is 2.22. The quantitative estimate of drug-likeness (QED) is 0.476. The summed E-state index contributed by atoms with van der Waals surface area (Å²) in [5.74, 6) is 0.194. The summed E-state index contributed by atoms with van der Waals surface area (Å²) < 4.78 is 21.4. The Hall–Kier alpha value is -0.730. The zero-order valence-electron chi connectivity index (χ0n) is 13.7. The molecule has 4 saturated heterocycles. The van der Waals surface area contributed by atoms with E-state index in [2.05, 4.69) is 11.8 Å². The second-order valence-corrected chi connectivity index (χ2v) is 6.94. The van der Waals surface area contributed by atoms with E-state index in [9.17, 15) is 4.79 Å². The Labute approximate surface area is 136 Å². The number of carbonyl (C=O) groups excluding carboxylic acids is 1. The Morgan fingerprint density at radius 3 is 1.61 bits per heavy atom. The monoisotopic (exact) mass is 326 g/mol. The maximum atomic E-state index is 13.1. The van der Waals surface area contributed by atoms with Crippen molar-refractivity contribution in [2.45, 2.75) is 43.8 Å². The summed E-state index contributed by atoms with van der Waals surface area (Å²) in [6, 6.07) is -0.110. The maximum absolute atomic E-state index is 13.1. The standard InChI is InChI=1S/C16H26N2O5/c1-2-15(17(3-11-7-20-11)4-12-8-21-12)16(19)18(5-13-9-22-13)6-14-10-23-14/h11-15H,2-10H2,1H3. The van der Waals surface area contributed by atoms with Crippen LogP contribution in [-0.4, -0.2) is 98.8 Å². The molecule has 5 unspecified atom stereocenters. The lowest BCUT2D eigenvalue weighted by Crippen LogP contribution is -2.52. The Bertz CT molecular complexity index is 404. The van der Waals surface area contributed by atoms with Gasteiger partial charge in [-0.05, 0) is 6.42 Å². The molecule has 23 heavy (non-hydrogen) atoms. The summed E-state index contributed by atoms with van der Waals surface area (Å²) >= 11 is 0. The van der Waals surface area contributed by atoms with Gasteiger partial charge in [-0.15, -0.1) is 0 Å². The van der Waals surface area contributed by atoms with Crippen LogP contribution in [0, 0.1) is 0 Å². The minimum atomic E-state index is -0.110. The van der Waals surface area contributed by atoms with Gasteiger partial charge in [0.25, 0.3) is 0 Å². The fourth-order valence-electron chi connectivity index (χ4n) is 3.09. The molecule has 130 valence electrons. The zero-order valence-corrected chi connectivity index (χ0v) is 13.7. The molecule has 4 aliphatic heterocycles. The van der Waals surface area contributed by atoms with Crippen LogP contribution in [0.5, 0.6) is 0 Å². The van der Waals surface area contributed by atoms with Crippen LogP contribution >= 0.6 is 0 Å². The van der Waals surface area contributed by atoms with E-state index in [1.165, 1.54) is 0 Å². The summed E-state index contributed by atoms with van der Waals surface area (Å²) in [4.78, 5) is 17.3. The largest absolute Gasteiger partial charge is 0.372 e. The third kappa shape index (κ3) is 4.64. The Kier molecular flexibility index (Phi) is 4.56. The van der Waals surface area contributed by atoms with E-state index in [-0.39, 0.29) is 36.4 Å². The SMILES string of the molecule is CCC(C(=O)N(CC1CO1)CC1CO1)N(CC1CO1)CC1CO1. The van der Waals surface area contributed by atoms with E-state index >= 15 is 0 Å². The smallest absolute Gasteiger partial charge is 0.240 e. The van der Waals surface area contributed by atoms with Crippen LogP contribution in [0.25, 0.3) is 0 Å². The van der Waals surface area contributed by atoms with Gasteiger partial charge in [-0.2, -0.15) is 0 Å². The maximum Gasteiger partial charge on any atom is 0.240 e. The van der Waals surface area contributed by atoms with Gasteiger partial charge in [-0.1, -0.05) is 6.92 Å². The molecule has 0 spiro atoms. The third-order valence-corrected chi connectivity index (χ3v) is 4.76. The first kappa shape index (κ1) is 15.8. The molecule has 4 rings (SSSR count). The Balaban J connectivity index is 1.41. The highest BCUT2D eigenvalue weighted by molar-refractivity contribution is 5.82. The molecule has 0 bridgehead atoms. The van der Waals surface area contributed by atoms with E-state index in [1.54, 1.807) is 0 Å². The summed E-state index contributed by atoms with van der Waals surface area (Å²) in [6.07, 6.45) is 1.78. The minimum Gasteiger partial charge on any atom is -0.372 e. The van der Waals surface area contributed by atoms with Crippen molar-refractivity contribution in [3.8, 4) is 0 Å². The van der Waals surface area contributed by atoms with Gasteiger partial charge >= 0.3 is 0 Å². The average molecular weight is 326 g/mol. The third-order valence-electron chi connectivity index (χ3n) is 4.76. The molecular formula is C16H26N2O5. The first-order chi connectivity index (χ1) is 11.2. The number of carbonyl (C=O) groups is 1. The molecule has 4 aliphatic rings. The van der Waals surface area contributed by atoms with Crippen molar-refractivity contribution in [3.63, 3.8) is 0 Å². The number of rotatable bonds is 11. The van der Waals surface area contributed by atoms with Crippen molar-refractivity contribution in [2.24, 2.45) is 0 Å². The highest BCUT2D eigenvalue weighted by Gasteiger charge is 2.40. The highest BCUT2D eigenvalue weighted by atomic mass is 16.6. The molecule has 7 nitrogen and oxygen atoms in total. The van der Waals surface area contributed by atoms with Gasteiger partial charge in [0, 0.05) is 26.2 Å². The van der Waals surface area contributed by atoms with Crippen LogP contribution in [-0.2, 0) is 23.7 Å². The van der Waals surface area contributed by atoms with E-state index in [1.807, 2.05) is 4.90 Å². The summed E-state index contributed by atoms with van der Waals surface area (Å²) in [7, 11) is 0. The lowest BCUT2D eigenvalue weighted by molar-refractivity contribution is -0.138. The number of ether oxygens (including phenoxy) is 4. The lowest BCUT2D eigenvalue weighted by Gasteiger charge is -2.33. The molecule has 0 radical (unpaired) electrons. The number of nitrogens with zero attached hydrogens (tertiary/aromatic N) is 2. The number of hydrogen-bond donors (Lipinski definition) is 0. The normalized spacial score (nSPS) is 35.0. The molecule has 0 saturated carbocycles. The predicted molar refractivity (Wildman–Crippen MR) is 81.2 cm³/mol. The summed E-state index contributed by atoms with van der Waals surface area (Å²) in [5.41, 5.74) is 0. The second kappa shape index (κ2) is 6.64. The van der Waals surface area contributed by atoms with Gasteiger partial charge in [-0.3, -0.25) is 9.69 Å². The number of amides is 1. The molecule has 4 heterocycles. The van der Waals surface area contributed by atoms with Crippen molar-refractivity contribution in [3.05, 3.63) is 0 Å². The van der Waals surface area contributed by atoms with E-state index in [4.69, 9.17) is 18.9 Å². The fourth-order valence-corrected chi connectivity index (χ4v) is 3.09. The van der Waals surface area contributed by atoms with Crippen LogP contribution in [0.1, 0.15) is 13.3 Å². The van der Waals surface area contributed by atoms with Gasteiger partial charge in [0.2, 0.25) is 5.91 Å². The number of hydrogen-bond acceptors (Lipinski definition) is 6. The van der Waals surface area contributed by atoms with Crippen molar-refractivity contribution >= 4 is 5.91 Å². The van der Waals surface area contributed by atoms with Gasteiger partial charge in [0.1, 0.15) is 0 Å². The van der Waals surface area contributed by atoms with Gasteiger partial charge in [-0.25, -0.2) is 0 Å². The molecule has 0 aromatic heterocycles. The van der Waals surface area contributed by atoms with E-state index in [0.717, 1.165) is 45.9 Å². The first-order valence-corrected chi connectivity index (χ1v) is 8.72. The molecule has 0 aliphatic carbocycles. The van der Waals surface area contributed by atoms with Crippen LogP contribution in [0.2, 0.25) is 0 Å². The minimum absolute atomic E-state index is 0.110. The van der Waals surface area contributed by atoms with Crippen LogP contribution in [0.3, 0.4) is 0 Å². The van der Waals surface area contributed by atoms with E-state index in [0.29, 0.717) is 13.1 Å². The zero-order chi connectivity index (χ0) is 15.8. The molecule has 0 N–H and O–H groups in total. The van der Waals surface area contributed by atoms with E-state index < -0.39 is 0 Å². The summed E-state index contributed by atoms with van der Waals surface area (Å²) in [5, 5.41) is 0. The molecule has 7 heteroatoms. The fraction of sp³-hybridized carbons (Fsp3) is 0.938. The molecule has 4 fully saturated rings. The predicted octanol–water partition coefficient (Wildman–Crippen LogP) is -0.509. The second-order valence-electron chi connectivity index (χ2n) is 6.94. The molecule has 0 aromatic rings. The molecular weight excluding hydrogens is 300 g/mol.